The monoisotopic (exact) mass is 260 g/mol. The Morgan fingerprint density at radius 3 is 2.56 bits per heavy atom. The van der Waals surface area contributed by atoms with Crippen LogP contribution in [0, 0.1) is 16.7 Å². The molecule has 2 saturated carbocycles. The normalized spacial score (nSPS) is 53.1. The van der Waals surface area contributed by atoms with Crippen LogP contribution in [0.25, 0.3) is 0 Å². The van der Waals surface area contributed by atoms with E-state index >= 15 is 0 Å². The highest BCUT2D eigenvalue weighted by atomic mass is 31.1. The lowest BCUT2D eigenvalue weighted by Gasteiger charge is -2.42. The summed E-state index contributed by atoms with van der Waals surface area (Å²) < 4.78 is 0. The molecular formula is C16H21OP. The lowest BCUT2D eigenvalue weighted by molar-refractivity contribution is -0.00380. The maximum absolute atomic E-state index is 11.4. The van der Waals surface area contributed by atoms with Gasteiger partial charge in [-0.1, -0.05) is 44.2 Å². The predicted molar refractivity (Wildman–Crippen MR) is 76.4 cm³/mol. The first-order chi connectivity index (χ1) is 8.51. The Morgan fingerprint density at radius 2 is 1.94 bits per heavy atom. The van der Waals surface area contributed by atoms with Gasteiger partial charge in [0.1, 0.15) is 0 Å². The molecule has 5 atom stereocenters. The van der Waals surface area contributed by atoms with Gasteiger partial charge < -0.3 is 5.11 Å². The van der Waals surface area contributed by atoms with Gasteiger partial charge >= 0.3 is 0 Å². The number of rotatable bonds is 1. The van der Waals surface area contributed by atoms with E-state index in [-0.39, 0.29) is 10.8 Å². The van der Waals surface area contributed by atoms with Crippen molar-refractivity contribution < 1.29 is 5.11 Å². The van der Waals surface area contributed by atoms with E-state index in [1.807, 2.05) is 0 Å². The van der Waals surface area contributed by atoms with Gasteiger partial charge in [-0.25, -0.2) is 0 Å². The third-order valence-electron chi connectivity index (χ3n) is 6.57. The average molecular weight is 260 g/mol. The molecule has 1 N–H and O–H groups in total. The molecule has 1 nitrogen and oxygen atoms in total. The second-order valence-corrected chi connectivity index (χ2v) is 9.36. The first-order valence-electron chi connectivity index (χ1n) is 7.06. The first-order valence-corrected chi connectivity index (χ1v) is 8.59. The molecule has 4 rings (SSSR count). The largest absolute Gasteiger partial charge is 0.384 e. The molecule has 3 fully saturated rings. The van der Waals surface area contributed by atoms with Crippen LogP contribution in [0.5, 0.6) is 0 Å². The van der Waals surface area contributed by atoms with Gasteiger partial charge in [0.15, 0.2) is 0 Å². The van der Waals surface area contributed by atoms with E-state index in [0.717, 1.165) is 12.3 Å². The molecule has 4 bridgehead atoms. The Labute approximate surface area is 110 Å². The van der Waals surface area contributed by atoms with Crippen molar-refractivity contribution >= 4 is 13.2 Å². The Morgan fingerprint density at radius 1 is 1.22 bits per heavy atom. The fourth-order valence-corrected chi connectivity index (χ4v) is 9.23. The van der Waals surface area contributed by atoms with Crippen molar-refractivity contribution in [3.05, 3.63) is 30.3 Å². The summed E-state index contributed by atoms with van der Waals surface area (Å²) in [5.74, 6) is 0.773. The Kier molecular flexibility index (Phi) is 2.03. The van der Waals surface area contributed by atoms with Crippen LogP contribution in [-0.2, 0) is 0 Å². The smallest absolute Gasteiger partial charge is 0.0937 e. The summed E-state index contributed by atoms with van der Waals surface area (Å²) in [5, 5.41) is 12.4. The zero-order valence-corrected chi connectivity index (χ0v) is 12.1. The highest BCUT2D eigenvalue weighted by Crippen LogP contribution is 2.85. The van der Waals surface area contributed by atoms with Gasteiger partial charge in [0.25, 0.3) is 0 Å². The van der Waals surface area contributed by atoms with E-state index < -0.39 is 7.92 Å². The van der Waals surface area contributed by atoms with Crippen LogP contribution < -0.4 is 5.30 Å². The Bertz CT molecular complexity index is 501. The second kappa shape index (κ2) is 3.19. The van der Waals surface area contributed by atoms with Crippen molar-refractivity contribution in [3.8, 4) is 0 Å². The molecule has 2 heteroatoms. The number of aliphatic hydroxyl groups is 1. The van der Waals surface area contributed by atoms with Gasteiger partial charge in [0, 0.05) is 5.41 Å². The molecular weight excluding hydrogens is 239 g/mol. The van der Waals surface area contributed by atoms with Gasteiger partial charge in [-0.15, -0.1) is 0 Å². The van der Waals surface area contributed by atoms with Crippen molar-refractivity contribution in [2.75, 3.05) is 6.16 Å². The number of hydrogen-bond donors (Lipinski definition) is 1. The van der Waals surface area contributed by atoms with E-state index in [9.17, 15) is 5.11 Å². The van der Waals surface area contributed by atoms with Crippen LogP contribution in [0.3, 0.4) is 0 Å². The molecule has 0 amide bonds. The average Bonchev–Trinajstić information content (AvgIpc) is 2.79. The van der Waals surface area contributed by atoms with E-state index in [4.69, 9.17) is 0 Å². The summed E-state index contributed by atoms with van der Waals surface area (Å²) >= 11 is 0. The summed E-state index contributed by atoms with van der Waals surface area (Å²) in [5.41, 5.74) is 0.565. The lowest BCUT2D eigenvalue weighted by Crippen LogP contribution is -2.41. The fraction of sp³-hybridized carbons (Fsp3) is 0.625. The molecule has 0 spiro atoms. The quantitative estimate of drug-likeness (QED) is 0.768. The minimum Gasteiger partial charge on any atom is -0.384 e. The molecule has 1 aliphatic heterocycles. The SMILES string of the molecule is C[C@]12CC[C@@H]3C[C@@]1(O)[P@@](c1ccccc1)C[C@@]32C. The fourth-order valence-electron chi connectivity index (χ4n) is 5.15. The zero-order valence-electron chi connectivity index (χ0n) is 11.2. The van der Waals surface area contributed by atoms with Crippen molar-refractivity contribution in [1.29, 1.82) is 0 Å². The molecule has 1 aromatic rings. The summed E-state index contributed by atoms with van der Waals surface area (Å²) in [6.45, 7) is 4.82. The van der Waals surface area contributed by atoms with E-state index in [1.54, 1.807) is 0 Å². The zero-order chi connectivity index (χ0) is 12.6. The number of benzene rings is 1. The molecule has 96 valence electrons. The van der Waals surface area contributed by atoms with Crippen LogP contribution >= 0.6 is 7.92 Å². The third kappa shape index (κ3) is 1.00. The molecule has 1 saturated heterocycles. The van der Waals surface area contributed by atoms with Crippen LogP contribution in [0.2, 0.25) is 0 Å². The van der Waals surface area contributed by atoms with Crippen molar-refractivity contribution in [2.24, 2.45) is 16.7 Å². The molecule has 0 unspecified atom stereocenters. The maximum atomic E-state index is 11.4. The van der Waals surface area contributed by atoms with E-state index in [0.29, 0.717) is 5.41 Å². The maximum Gasteiger partial charge on any atom is 0.0937 e. The molecule has 18 heavy (non-hydrogen) atoms. The molecule has 1 aromatic carbocycles. The van der Waals surface area contributed by atoms with Crippen LogP contribution in [0.4, 0.5) is 0 Å². The standard InChI is InChI=1S/C16H21OP/c1-14-11-18(13-6-4-3-5-7-13)16(17)10-12(14)8-9-15(14,16)2/h3-7,12,17H,8-11H2,1-2H3/t12-,14+,15-,16-,18-/m1/s1. The summed E-state index contributed by atoms with van der Waals surface area (Å²) in [7, 11) is -0.392. The van der Waals surface area contributed by atoms with E-state index in [2.05, 4.69) is 44.2 Å². The van der Waals surface area contributed by atoms with Gasteiger partial charge in [0.2, 0.25) is 0 Å². The summed E-state index contributed by atoms with van der Waals surface area (Å²) in [4.78, 5) is 0. The van der Waals surface area contributed by atoms with Crippen LogP contribution in [-0.4, -0.2) is 16.6 Å². The molecule has 2 aliphatic carbocycles. The minimum absolute atomic E-state index is 0.173. The minimum atomic E-state index is -0.392. The molecule has 0 radical (unpaired) electrons. The van der Waals surface area contributed by atoms with Gasteiger partial charge in [0.05, 0.1) is 5.34 Å². The van der Waals surface area contributed by atoms with Gasteiger partial charge in [-0.2, -0.15) is 0 Å². The van der Waals surface area contributed by atoms with Crippen LogP contribution in [0.15, 0.2) is 30.3 Å². The van der Waals surface area contributed by atoms with Crippen molar-refractivity contribution in [1.82, 2.24) is 0 Å². The van der Waals surface area contributed by atoms with Gasteiger partial charge in [-0.3, -0.25) is 0 Å². The van der Waals surface area contributed by atoms with E-state index in [1.165, 1.54) is 24.3 Å². The highest BCUT2D eigenvalue weighted by Gasteiger charge is 2.77. The summed E-state index contributed by atoms with van der Waals surface area (Å²) in [6, 6.07) is 10.8. The molecule has 1 heterocycles. The van der Waals surface area contributed by atoms with Crippen LogP contribution in [0.1, 0.15) is 33.1 Å². The molecule has 0 aromatic heterocycles. The number of hydrogen-bond acceptors (Lipinski definition) is 1. The Hall–Kier alpha value is -0.390. The first kappa shape index (κ1) is 11.4. The van der Waals surface area contributed by atoms with Crippen molar-refractivity contribution in [2.45, 2.75) is 38.5 Å². The van der Waals surface area contributed by atoms with Crippen molar-refractivity contribution in [3.63, 3.8) is 0 Å². The lowest BCUT2D eigenvalue weighted by atomic mass is 9.70. The predicted octanol–water partition coefficient (Wildman–Crippen LogP) is 3.32. The Balaban J connectivity index is 1.84. The highest BCUT2D eigenvalue weighted by molar-refractivity contribution is 7.67. The van der Waals surface area contributed by atoms with Gasteiger partial charge in [-0.05, 0) is 50.0 Å². The summed E-state index contributed by atoms with van der Waals surface area (Å²) in [6.07, 6.45) is 4.87. The second-order valence-electron chi connectivity index (χ2n) is 6.93. The third-order valence-corrected chi connectivity index (χ3v) is 10.0. The topological polar surface area (TPSA) is 20.2 Å². The molecule has 3 aliphatic rings.